The number of rotatable bonds is 4. The summed E-state index contributed by atoms with van der Waals surface area (Å²) in [5.41, 5.74) is 0. The topological polar surface area (TPSA) is 28.4 Å². The first kappa shape index (κ1) is 12.7. The van der Waals surface area contributed by atoms with Crippen LogP contribution in [-0.4, -0.2) is 30.1 Å². The van der Waals surface area contributed by atoms with E-state index >= 15 is 0 Å². The molecule has 0 aliphatic carbocycles. The summed E-state index contributed by atoms with van der Waals surface area (Å²) in [5, 5.41) is 3.62. The zero-order valence-corrected chi connectivity index (χ0v) is 11.2. The van der Waals surface area contributed by atoms with E-state index in [1.54, 1.807) is 0 Å². The fraction of sp³-hybridized carbons (Fsp3) is 0.714. The van der Waals surface area contributed by atoms with Gasteiger partial charge in [-0.2, -0.15) is 0 Å². The predicted octanol–water partition coefficient (Wildman–Crippen LogP) is 2.55. The third kappa shape index (κ3) is 3.86. The van der Waals surface area contributed by atoms with Crippen molar-refractivity contribution in [1.29, 1.82) is 0 Å². The van der Waals surface area contributed by atoms with Gasteiger partial charge in [0.1, 0.15) is 11.5 Å². The summed E-state index contributed by atoms with van der Waals surface area (Å²) in [6, 6.07) is 5.43. The number of hydrogen-bond donors (Lipinski definition) is 1. The molecule has 17 heavy (non-hydrogen) atoms. The lowest BCUT2D eigenvalue weighted by molar-refractivity contribution is 0.174. The molecule has 1 N–H and O–H groups in total. The van der Waals surface area contributed by atoms with Crippen molar-refractivity contribution in [2.24, 2.45) is 0 Å². The molecule has 0 bridgehead atoms. The number of nitrogens with zero attached hydrogens (tertiary/aromatic N) is 1. The van der Waals surface area contributed by atoms with E-state index in [-0.39, 0.29) is 0 Å². The van der Waals surface area contributed by atoms with Crippen molar-refractivity contribution in [2.45, 2.75) is 52.2 Å². The summed E-state index contributed by atoms with van der Waals surface area (Å²) in [5.74, 6) is 2.11. The maximum absolute atomic E-state index is 5.62. The van der Waals surface area contributed by atoms with Crippen LogP contribution in [0, 0.1) is 6.92 Å². The van der Waals surface area contributed by atoms with E-state index in [0.29, 0.717) is 12.1 Å². The molecular weight excluding hydrogens is 212 g/mol. The van der Waals surface area contributed by atoms with E-state index in [9.17, 15) is 0 Å². The summed E-state index contributed by atoms with van der Waals surface area (Å²) < 4.78 is 5.62. The molecule has 3 heteroatoms. The molecule has 1 aliphatic rings. The molecular formula is C14H24N2O. The van der Waals surface area contributed by atoms with Gasteiger partial charge >= 0.3 is 0 Å². The Morgan fingerprint density at radius 2 is 2.06 bits per heavy atom. The Bertz CT molecular complexity index is 338. The molecule has 0 atom stereocenters. The minimum Gasteiger partial charge on any atom is -0.465 e. The average Bonchev–Trinajstić information content (AvgIpc) is 2.66. The molecule has 96 valence electrons. The van der Waals surface area contributed by atoms with Crippen LogP contribution in [0.2, 0.25) is 0 Å². The zero-order chi connectivity index (χ0) is 12.3. The van der Waals surface area contributed by atoms with Gasteiger partial charge in [-0.1, -0.05) is 13.8 Å². The molecule has 0 saturated carbocycles. The zero-order valence-electron chi connectivity index (χ0n) is 11.2. The first-order valence-corrected chi connectivity index (χ1v) is 6.67. The van der Waals surface area contributed by atoms with Gasteiger partial charge < -0.3 is 9.73 Å². The van der Waals surface area contributed by atoms with Crippen molar-refractivity contribution >= 4 is 0 Å². The number of aryl methyl sites for hydroxylation is 1. The molecule has 1 aromatic heterocycles. The number of furan rings is 1. The van der Waals surface area contributed by atoms with Crippen LogP contribution in [0.5, 0.6) is 0 Å². The Kier molecular flexibility index (Phi) is 4.24. The largest absolute Gasteiger partial charge is 0.465 e. The molecule has 0 unspecified atom stereocenters. The highest BCUT2D eigenvalue weighted by atomic mass is 16.3. The third-order valence-corrected chi connectivity index (χ3v) is 3.33. The second kappa shape index (κ2) is 5.69. The van der Waals surface area contributed by atoms with Gasteiger partial charge in [-0.15, -0.1) is 0 Å². The molecule has 1 fully saturated rings. The van der Waals surface area contributed by atoms with Gasteiger partial charge in [-0.05, 0) is 31.9 Å². The highest BCUT2D eigenvalue weighted by molar-refractivity contribution is 5.05. The lowest BCUT2D eigenvalue weighted by Crippen LogP contribution is -2.44. The second-order valence-corrected chi connectivity index (χ2v) is 5.38. The highest BCUT2D eigenvalue weighted by Gasteiger charge is 2.19. The van der Waals surface area contributed by atoms with Gasteiger partial charge in [0.2, 0.25) is 0 Å². The molecule has 0 spiro atoms. The maximum atomic E-state index is 5.62. The van der Waals surface area contributed by atoms with Crippen LogP contribution in [-0.2, 0) is 6.54 Å². The maximum Gasteiger partial charge on any atom is 0.118 e. The minimum absolute atomic E-state index is 0.597. The molecule has 3 nitrogen and oxygen atoms in total. The Morgan fingerprint density at radius 1 is 1.35 bits per heavy atom. The van der Waals surface area contributed by atoms with Crippen molar-refractivity contribution in [1.82, 2.24) is 10.2 Å². The summed E-state index contributed by atoms with van der Waals surface area (Å²) in [7, 11) is 0. The van der Waals surface area contributed by atoms with Crippen molar-refractivity contribution in [3.8, 4) is 0 Å². The summed E-state index contributed by atoms with van der Waals surface area (Å²) in [6.45, 7) is 9.74. The SMILES string of the molecule is Cc1ccc(CN2CCC(NC(C)C)CC2)o1. The number of likely N-dealkylation sites (tertiary alicyclic amines) is 1. The smallest absolute Gasteiger partial charge is 0.118 e. The van der Waals surface area contributed by atoms with Crippen LogP contribution in [0.1, 0.15) is 38.2 Å². The lowest BCUT2D eigenvalue weighted by atomic mass is 10.0. The van der Waals surface area contributed by atoms with Crippen molar-refractivity contribution < 1.29 is 4.42 Å². The Labute approximate surface area is 104 Å². The van der Waals surface area contributed by atoms with Gasteiger partial charge in [-0.3, -0.25) is 4.90 Å². The average molecular weight is 236 g/mol. The summed E-state index contributed by atoms with van der Waals surface area (Å²) in [6.07, 6.45) is 2.50. The van der Waals surface area contributed by atoms with Gasteiger partial charge in [-0.25, -0.2) is 0 Å². The standard InChI is InChI=1S/C14H24N2O/c1-11(2)15-13-6-8-16(9-7-13)10-14-5-4-12(3)17-14/h4-5,11,13,15H,6-10H2,1-3H3. The molecule has 0 aromatic carbocycles. The fourth-order valence-electron chi connectivity index (χ4n) is 2.52. The van der Waals surface area contributed by atoms with E-state index in [4.69, 9.17) is 4.42 Å². The first-order chi connectivity index (χ1) is 8.13. The Morgan fingerprint density at radius 3 is 2.59 bits per heavy atom. The fourth-order valence-corrected chi connectivity index (χ4v) is 2.52. The van der Waals surface area contributed by atoms with Crippen LogP contribution in [0.3, 0.4) is 0 Å². The van der Waals surface area contributed by atoms with Gasteiger partial charge in [0.05, 0.1) is 6.54 Å². The second-order valence-electron chi connectivity index (χ2n) is 5.38. The molecule has 2 heterocycles. The van der Waals surface area contributed by atoms with Crippen LogP contribution >= 0.6 is 0 Å². The predicted molar refractivity (Wildman–Crippen MR) is 70.0 cm³/mol. The number of hydrogen-bond acceptors (Lipinski definition) is 3. The molecule has 2 rings (SSSR count). The van der Waals surface area contributed by atoms with E-state index < -0.39 is 0 Å². The number of nitrogens with one attached hydrogen (secondary N) is 1. The van der Waals surface area contributed by atoms with Gasteiger partial charge in [0, 0.05) is 25.2 Å². The minimum atomic E-state index is 0.597. The summed E-state index contributed by atoms with van der Waals surface area (Å²) in [4.78, 5) is 2.48. The normalized spacial score (nSPS) is 19.1. The third-order valence-electron chi connectivity index (χ3n) is 3.33. The van der Waals surface area contributed by atoms with Gasteiger partial charge in [0.25, 0.3) is 0 Å². The summed E-state index contributed by atoms with van der Waals surface area (Å²) >= 11 is 0. The Balaban J connectivity index is 1.75. The molecule has 0 amide bonds. The van der Waals surface area contributed by atoms with Crippen molar-refractivity contribution in [3.63, 3.8) is 0 Å². The van der Waals surface area contributed by atoms with Crippen LogP contribution in [0.15, 0.2) is 16.5 Å². The van der Waals surface area contributed by atoms with Crippen LogP contribution < -0.4 is 5.32 Å². The number of piperidine rings is 1. The quantitative estimate of drug-likeness (QED) is 0.871. The molecule has 0 radical (unpaired) electrons. The van der Waals surface area contributed by atoms with E-state index in [0.717, 1.165) is 18.1 Å². The van der Waals surface area contributed by atoms with Crippen molar-refractivity contribution in [2.75, 3.05) is 13.1 Å². The van der Waals surface area contributed by atoms with Crippen LogP contribution in [0.4, 0.5) is 0 Å². The monoisotopic (exact) mass is 236 g/mol. The Hall–Kier alpha value is -0.800. The lowest BCUT2D eigenvalue weighted by Gasteiger charge is -2.32. The van der Waals surface area contributed by atoms with Crippen LogP contribution in [0.25, 0.3) is 0 Å². The van der Waals surface area contributed by atoms with E-state index in [2.05, 4.69) is 30.1 Å². The molecule has 1 aliphatic heterocycles. The van der Waals surface area contributed by atoms with Crippen molar-refractivity contribution in [3.05, 3.63) is 23.7 Å². The van der Waals surface area contributed by atoms with Gasteiger partial charge in [0.15, 0.2) is 0 Å². The molecule has 1 saturated heterocycles. The van der Waals surface area contributed by atoms with E-state index in [1.165, 1.54) is 25.9 Å². The highest BCUT2D eigenvalue weighted by Crippen LogP contribution is 2.15. The van der Waals surface area contributed by atoms with E-state index in [1.807, 2.05) is 13.0 Å². The molecule has 1 aromatic rings. The first-order valence-electron chi connectivity index (χ1n) is 6.67.